The summed E-state index contributed by atoms with van der Waals surface area (Å²) in [6, 6.07) is 0. The molecule has 0 aromatic heterocycles. The molecular weight excluding hydrogens is 472 g/mol. The van der Waals surface area contributed by atoms with E-state index in [1.807, 2.05) is 13.0 Å². The highest BCUT2D eigenvalue weighted by Gasteiger charge is 2.67. The molecule has 0 radical (unpaired) electrons. The van der Waals surface area contributed by atoms with Crippen LogP contribution in [0.25, 0.3) is 0 Å². The maximum atomic E-state index is 13.4. The highest BCUT2D eigenvalue weighted by molar-refractivity contribution is 8.47. The molecule has 4 aliphatic carbocycles. The fourth-order valence-electron chi connectivity index (χ4n) is 7.31. The Bertz CT molecular complexity index is 934. The Morgan fingerprint density at radius 1 is 1.27 bits per heavy atom. The standard InChI is InChI=1S/C26H36O4S3/c1-23(2,3)33-22(31)32-14-20(29)26(30)11-9-18-17-7-6-15-12-16(27)8-10-24(15,4)21(17)19(28)13-25(18,26)5/h8,10,12,17-19,21,28,30H,6-7,9,11,13-14H2,1-5H3/t17-,18-,19-,21+,24-,25-,26-/m0/s1. The van der Waals surface area contributed by atoms with Gasteiger partial charge in [-0.25, -0.2) is 0 Å². The zero-order chi connectivity index (χ0) is 24.4. The van der Waals surface area contributed by atoms with Crippen molar-refractivity contribution in [3.05, 3.63) is 23.8 Å². The van der Waals surface area contributed by atoms with Gasteiger partial charge in [-0.15, -0.1) is 11.8 Å². The molecule has 7 heteroatoms. The SMILES string of the molecule is CC(C)(C)SC(=S)SCC(=O)[C@@]1(O)CC[C@H]2[C@@H]3CCC4=CC(=O)C=C[C@]4(C)[C@H]3[C@@H](O)C[C@@]21C. The Hall–Kier alpha value is -0.470. The monoisotopic (exact) mass is 508 g/mol. The van der Waals surface area contributed by atoms with Gasteiger partial charge in [0.25, 0.3) is 0 Å². The first kappa shape index (κ1) is 25.6. The summed E-state index contributed by atoms with van der Waals surface area (Å²) in [5.41, 5.74) is -1.32. The van der Waals surface area contributed by atoms with Gasteiger partial charge in [0.1, 0.15) is 9.13 Å². The summed E-state index contributed by atoms with van der Waals surface area (Å²) in [5, 5.41) is 23.3. The first-order valence-electron chi connectivity index (χ1n) is 11.9. The number of aliphatic hydroxyl groups is 2. The van der Waals surface area contributed by atoms with E-state index in [4.69, 9.17) is 12.2 Å². The fourth-order valence-corrected chi connectivity index (χ4v) is 10.4. The van der Waals surface area contributed by atoms with Crippen molar-refractivity contribution < 1.29 is 19.8 Å². The third-order valence-electron chi connectivity index (χ3n) is 8.82. The Labute approximate surface area is 211 Å². The lowest BCUT2D eigenvalue weighted by atomic mass is 9.46. The van der Waals surface area contributed by atoms with Crippen LogP contribution in [0.15, 0.2) is 23.8 Å². The molecule has 3 fully saturated rings. The molecule has 0 unspecified atom stereocenters. The third-order valence-corrected chi connectivity index (χ3v) is 11.4. The summed E-state index contributed by atoms with van der Waals surface area (Å²) >= 11 is 8.38. The number of carbonyl (C=O) groups excluding carboxylic acids is 2. The predicted molar refractivity (Wildman–Crippen MR) is 140 cm³/mol. The van der Waals surface area contributed by atoms with E-state index in [-0.39, 0.29) is 45.2 Å². The van der Waals surface area contributed by atoms with Crippen molar-refractivity contribution in [2.24, 2.45) is 28.6 Å². The summed E-state index contributed by atoms with van der Waals surface area (Å²) < 4.78 is 0.709. The summed E-state index contributed by atoms with van der Waals surface area (Å²) in [6.45, 7) is 10.4. The van der Waals surface area contributed by atoms with Crippen LogP contribution in [0.3, 0.4) is 0 Å². The number of carbonyl (C=O) groups is 2. The summed E-state index contributed by atoms with van der Waals surface area (Å²) in [4.78, 5) is 25.4. The largest absolute Gasteiger partial charge is 0.393 e. The Morgan fingerprint density at radius 2 is 1.97 bits per heavy atom. The molecule has 0 spiro atoms. The first-order chi connectivity index (χ1) is 15.2. The smallest absolute Gasteiger partial charge is 0.178 e. The molecule has 33 heavy (non-hydrogen) atoms. The average Bonchev–Trinajstić information content (AvgIpc) is 2.96. The number of allylic oxidation sites excluding steroid dienone is 4. The lowest BCUT2D eigenvalue weighted by molar-refractivity contribution is -0.174. The summed E-state index contributed by atoms with van der Waals surface area (Å²) in [5.74, 6) is 0.418. The van der Waals surface area contributed by atoms with Gasteiger partial charge < -0.3 is 10.2 Å². The lowest BCUT2D eigenvalue weighted by Gasteiger charge is -2.59. The molecule has 182 valence electrons. The molecule has 4 rings (SSSR count). The van der Waals surface area contributed by atoms with Crippen molar-refractivity contribution in [3.63, 3.8) is 0 Å². The Kier molecular flexibility index (Phi) is 6.66. The van der Waals surface area contributed by atoms with Crippen LogP contribution in [0.1, 0.15) is 66.7 Å². The minimum Gasteiger partial charge on any atom is -0.393 e. The second kappa shape index (κ2) is 8.58. The third kappa shape index (κ3) is 4.24. The molecular formula is C26H36O4S3. The number of aliphatic hydroxyl groups excluding tert-OH is 1. The van der Waals surface area contributed by atoms with Crippen LogP contribution in [0.4, 0.5) is 0 Å². The molecule has 0 bridgehead atoms. The maximum Gasteiger partial charge on any atom is 0.178 e. The highest BCUT2D eigenvalue weighted by Crippen LogP contribution is 2.67. The van der Waals surface area contributed by atoms with Crippen molar-refractivity contribution in [3.8, 4) is 0 Å². The molecule has 0 aromatic rings. The molecule has 0 amide bonds. The number of fused-ring (bicyclic) bond motifs is 5. The molecule has 0 aliphatic heterocycles. The highest BCUT2D eigenvalue weighted by atomic mass is 32.2. The first-order valence-corrected chi connectivity index (χ1v) is 14.2. The normalized spacial score (nSPS) is 42.3. The van der Waals surface area contributed by atoms with E-state index >= 15 is 0 Å². The molecule has 4 nitrogen and oxygen atoms in total. The molecule has 3 saturated carbocycles. The average molecular weight is 509 g/mol. The molecule has 2 N–H and O–H groups in total. The van der Waals surface area contributed by atoms with Crippen LogP contribution in [0.2, 0.25) is 0 Å². The van der Waals surface area contributed by atoms with E-state index in [1.54, 1.807) is 23.9 Å². The van der Waals surface area contributed by atoms with Crippen LogP contribution in [-0.2, 0) is 9.59 Å². The Morgan fingerprint density at radius 3 is 2.64 bits per heavy atom. The quantitative estimate of drug-likeness (QED) is 0.513. The van der Waals surface area contributed by atoms with Gasteiger partial charge in [-0.05, 0) is 56.1 Å². The van der Waals surface area contributed by atoms with Gasteiger partial charge >= 0.3 is 0 Å². The van der Waals surface area contributed by atoms with Crippen LogP contribution in [-0.4, -0.2) is 47.5 Å². The van der Waals surface area contributed by atoms with Crippen molar-refractivity contribution in [2.75, 3.05) is 5.75 Å². The minimum absolute atomic E-state index is 0.00233. The number of thiocarbonyl (C=S) groups is 1. The number of rotatable bonds is 3. The van der Waals surface area contributed by atoms with Gasteiger partial charge in [-0.2, -0.15) is 0 Å². The number of hydrogen-bond donors (Lipinski definition) is 2. The maximum absolute atomic E-state index is 13.4. The van der Waals surface area contributed by atoms with Crippen molar-refractivity contribution in [1.82, 2.24) is 0 Å². The van der Waals surface area contributed by atoms with Crippen LogP contribution in [0.5, 0.6) is 0 Å². The topological polar surface area (TPSA) is 74.6 Å². The second-order valence-corrected chi connectivity index (χ2v) is 15.8. The van der Waals surface area contributed by atoms with Crippen LogP contribution >= 0.6 is 35.7 Å². The van der Waals surface area contributed by atoms with Gasteiger partial charge in [0.05, 0.1) is 11.9 Å². The van der Waals surface area contributed by atoms with Gasteiger partial charge in [0.15, 0.2) is 11.6 Å². The van der Waals surface area contributed by atoms with E-state index < -0.39 is 17.1 Å². The number of hydrogen-bond acceptors (Lipinski definition) is 7. The van der Waals surface area contributed by atoms with Gasteiger partial charge in [0.2, 0.25) is 0 Å². The molecule has 0 aromatic carbocycles. The van der Waals surface area contributed by atoms with Crippen molar-refractivity contribution in [2.45, 2.75) is 83.2 Å². The fraction of sp³-hybridized carbons (Fsp3) is 0.731. The van der Waals surface area contributed by atoms with Crippen LogP contribution in [0, 0.1) is 28.6 Å². The molecule has 4 aliphatic rings. The zero-order valence-corrected chi connectivity index (χ0v) is 22.7. The number of Topliss-reactive ketones (excluding diaryl/α,β-unsaturated/α-hetero) is 1. The lowest BCUT2D eigenvalue weighted by Crippen LogP contribution is -2.61. The van der Waals surface area contributed by atoms with Gasteiger partial charge in [0, 0.05) is 21.5 Å². The Balaban J connectivity index is 1.55. The van der Waals surface area contributed by atoms with E-state index in [0.29, 0.717) is 12.8 Å². The van der Waals surface area contributed by atoms with Crippen molar-refractivity contribution in [1.29, 1.82) is 0 Å². The summed E-state index contributed by atoms with van der Waals surface area (Å²) in [7, 11) is 0. The van der Waals surface area contributed by atoms with E-state index in [0.717, 1.165) is 28.4 Å². The van der Waals surface area contributed by atoms with E-state index in [9.17, 15) is 19.8 Å². The molecule has 0 saturated heterocycles. The van der Waals surface area contributed by atoms with E-state index in [1.165, 1.54) is 11.8 Å². The van der Waals surface area contributed by atoms with Gasteiger partial charge in [-0.1, -0.05) is 70.2 Å². The number of thioether (sulfide) groups is 2. The second-order valence-electron chi connectivity index (χ2n) is 11.8. The van der Waals surface area contributed by atoms with Gasteiger partial charge in [-0.3, -0.25) is 9.59 Å². The van der Waals surface area contributed by atoms with Crippen LogP contribution < -0.4 is 0 Å². The molecule has 0 heterocycles. The van der Waals surface area contributed by atoms with Crippen molar-refractivity contribution >= 4 is 50.8 Å². The zero-order valence-electron chi connectivity index (χ0n) is 20.2. The predicted octanol–water partition coefficient (Wildman–Crippen LogP) is 5.12. The van der Waals surface area contributed by atoms with E-state index in [2.05, 4.69) is 27.7 Å². The molecule has 7 atom stereocenters. The minimum atomic E-state index is -1.44. The number of ketones is 2. The summed E-state index contributed by atoms with van der Waals surface area (Å²) in [6.07, 6.45) is 8.08.